The Morgan fingerprint density at radius 2 is 1.89 bits per heavy atom. The van der Waals surface area contributed by atoms with Gasteiger partial charge in [0.1, 0.15) is 0 Å². The summed E-state index contributed by atoms with van der Waals surface area (Å²) in [6.45, 7) is 4.58. The molecule has 0 aliphatic carbocycles. The number of nitro benzene ring substituents is 1. The van der Waals surface area contributed by atoms with Crippen LogP contribution in [0.2, 0.25) is 0 Å². The van der Waals surface area contributed by atoms with E-state index in [-0.39, 0.29) is 17.8 Å². The molecule has 0 bridgehead atoms. The highest BCUT2D eigenvalue weighted by molar-refractivity contribution is 5.90. The quantitative estimate of drug-likeness (QED) is 0.622. The predicted octanol–water partition coefficient (Wildman–Crippen LogP) is 3.69. The first kappa shape index (κ1) is 18.8. The number of urea groups is 1. The molecule has 1 saturated heterocycles. The molecule has 0 unspecified atom stereocenters. The average molecular weight is 368 g/mol. The molecule has 0 saturated carbocycles. The van der Waals surface area contributed by atoms with Crippen LogP contribution in [0.15, 0.2) is 48.5 Å². The van der Waals surface area contributed by atoms with Crippen molar-refractivity contribution in [3.8, 4) is 0 Å². The van der Waals surface area contributed by atoms with E-state index < -0.39 is 4.92 Å². The summed E-state index contributed by atoms with van der Waals surface area (Å²) in [5.74, 6) is 0. The van der Waals surface area contributed by atoms with Crippen LogP contribution in [-0.2, 0) is 6.54 Å². The Morgan fingerprint density at radius 3 is 2.56 bits per heavy atom. The Labute approximate surface area is 158 Å². The number of piperidine rings is 1. The molecule has 2 aromatic carbocycles. The van der Waals surface area contributed by atoms with E-state index in [2.05, 4.69) is 27.7 Å². The number of likely N-dealkylation sites (tertiary alicyclic amines) is 1. The molecule has 0 aromatic heterocycles. The fraction of sp³-hybridized carbons (Fsp3) is 0.350. The number of benzene rings is 2. The van der Waals surface area contributed by atoms with Gasteiger partial charge in [0, 0.05) is 37.8 Å². The van der Waals surface area contributed by atoms with Gasteiger partial charge in [-0.2, -0.15) is 0 Å². The van der Waals surface area contributed by atoms with Crippen LogP contribution in [0, 0.1) is 17.0 Å². The van der Waals surface area contributed by atoms with Crippen molar-refractivity contribution in [1.29, 1.82) is 0 Å². The van der Waals surface area contributed by atoms with Crippen molar-refractivity contribution in [2.24, 2.45) is 0 Å². The number of amides is 2. The summed E-state index contributed by atoms with van der Waals surface area (Å²) in [4.78, 5) is 25.1. The molecule has 1 heterocycles. The van der Waals surface area contributed by atoms with Crippen molar-refractivity contribution >= 4 is 17.4 Å². The number of nitro groups is 1. The standard InChI is InChI=1S/C20H24N4O3/c1-15-7-8-18(24(26)27)13-19(15)22-20(25)21-17-9-11-23(12-10-17)14-16-5-3-2-4-6-16/h2-8,13,17H,9-12,14H2,1H3,(H2,21,22,25). The van der Waals surface area contributed by atoms with Gasteiger partial charge in [-0.15, -0.1) is 0 Å². The van der Waals surface area contributed by atoms with Crippen LogP contribution in [-0.4, -0.2) is 35.0 Å². The van der Waals surface area contributed by atoms with E-state index in [1.54, 1.807) is 13.0 Å². The van der Waals surface area contributed by atoms with Gasteiger partial charge in [0.05, 0.1) is 10.6 Å². The molecule has 0 atom stereocenters. The van der Waals surface area contributed by atoms with Crippen molar-refractivity contribution in [3.05, 3.63) is 69.8 Å². The molecule has 3 rings (SSSR count). The smallest absolute Gasteiger partial charge is 0.319 e. The SMILES string of the molecule is Cc1ccc([N+](=O)[O-])cc1NC(=O)NC1CCN(Cc2ccccc2)CC1. The van der Waals surface area contributed by atoms with Crippen LogP contribution < -0.4 is 10.6 Å². The number of nitrogens with zero attached hydrogens (tertiary/aromatic N) is 2. The maximum Gasteiger partial charge on any atom is 0.319 e. The summed E-state index contributed by atoms with van der Waals surface area (Å²) in [7, 11) is 0. The summed E-state index contributed by atoms with van der Waals surface area (Å²) in [5, 5.41) is 16.6. The van der Waals surface area contributed by atoms with E-state index >= 15 is 0 Å². The molecule has 27 heavy (non-hydrogen) atoms. The largest absolute Gasteiger partial charge is 0.335 e. The molecule has 142 valence electrons. The highest BCUT2D eigenvalue weighted by Crippen LogP contribution is 2.22. The lowest BCUT2D eigenvalue weighted by Crippen LogP contribution is -2.45. The van der Waals surface area contributed by atoms with Crippen molar-refractivity contribution in [1.82, 2.24) is 10.2 Å². The van der Waals surface area contributed by atoms with E-state index in [1.165, 1.54) is 17.7 Å². The van der Waals surface area contributed by atoms with Crippen molar-refractivity contribution in [2.45, 2.75) is 32.4 Å². The van der Waals surface area contributed by atoms with Crippen LogP contribution >= 0.6 is 0 Å². The zero-order valence-corrected chi connectivity index (χ0v) is 15.4. The molecule has 1 aliphatic rings. The second kappa shape index (κ2) is 8.64. The van der Waals surface area contributed by atoms with Gasteiger partial charge >= 0.3 is 6.03 Å². The Kier molecular flexibility index (Phi) is 6.03. The summed E-state index contributed by atoms with van der Waals surface area (Å²) >= 11 is 0. The predicted molar refractivity (Wildman–Crippen MR) is 105 cm³/mol. The van der Waals surface area contributed by atoms with E-state index in [0.717, 1.165) is 38.0 Å². The van der Waals surface area contributed by atoms with Gasteiger partial charge in [-0.05, 0) is 30.9 Å². The van der Waals surface area contributed by atoms with E-state index in [4.69, 9.17) is 0 Å². The third-order valence-electron chi connectivity index (χ3n) is 4.85. The highest BCUT2D eigenvalue weighted by atomic mass is 16.6. The lowest BCUT2D eigenvalue weighted by Gasteiger charge is -2.32. The summed E-state index contributed by atoms with van der Waals surface area (Å²) < 4.78 is 0. The van der Waals surface area contributed by atoms with E-state index in [0.29, 0.717) is 5.69 Å². The third kappa shape index (κ3) is 5.27. The molecule has 0 spiro atoms. The van der Waals surface area contributed by atoms with Crippen LogP contribution in [0.1, 0.15) is 24.0 Å². The number of hydrogen-bond acceptors (Lipinski definition) is 4. The topological polar surface area (TPSA) is 87.5 Å². The molecular formula is C20H24N4O3. The lowest BCUT2D eigenvalue weighted by atomic mass is 10.0. The molecule has 1 aliphatic heterocycles. The fourth-order valence-corrected chi connectivity index (χ4v) is 3.28. The molecule has 2 amide bonds. The van der Waals surface area contributed by atoms with E-state index in [9.17, 15) is 14.9 Å². The van der Waals surface area contributed by atoms with Gasteiger partial charge in [0.15, 0.2) is 0 Å². The number of rotatable bonds is 5. The number of nitrogens with one attached hydrogen (secondary N) is 2. The first-order valence-corrected chi connectivity index (χ1v) is 9.10. The normalized spacial score (nSPS) is 15.3. The first-order chi connectivity index (χ1) is 13.0. The van der Waals surface area contributed by atoms with Gasteiger partial charge < -0.3 is 10.6 Å². The summed E-state index contributed by atoms with van der Waals surface area (Å²) in [5.41, 5.74) is 2.50. The van der Waals surface area contributed by atoms with Gasteiger partial charge in [-0.3, -0.25) is 15.0 Å². The third-order valence-corrected chi connectivity index (χ3v) is 4.85. The zero-order chi connectivity index (χ0) is 19.2. The highest BCUT2D eigenvalue weighted by Gasteiger charge is 2.21. The Balaban J connectivity index is 1.48. The van der Waals surface area contributed by atoms with E-state index in [1.807, 2.05) is 18.2 Å². The zero-order valence-electron chi connectivity index (χ0n) is 15.4. The monoisotopic (exact) mass is 368 g/mol. The van der Waals surface area contributed by atoms with Crippen molar-refractivity contribution < 1.29 is 9.72 Å². The minimum absolute atomic E-state index is 0.0369. The van der Waals surface area contributed by atoms with Crippen molar-refractivity contribution in [2.75, 3.05) is 18.4 Å². The summed E-state index contributed by atoms with van der Waals surface area (Å²) in [6, 6.07) is 14.6. The fourth-order valence-electron chi connectivity index (χ4n) is 3.28. The van der Waals surface area contributed by atoms with Crippen LogP contribution in [0.3, 0.4) is 0 Å². The molecule has 7 nitrogen and oxygen atoms in total. The van der Waals surface area contributed by atoms with Gasteiger partial charge in [-0.1, -0.05) is 36.4 Å². The minimum atomic E-state index is -0.467. The average Bonchev–Trinajstić information content (AvgIpc) is 2.66. The van der Waals surface area contributed by atoms with Gasteiger partial charge in [0.25, 0.3) is 5.69 Å². The Bertz CT molecular complexity index is 802. The van der Waals surface area contributed by atoms with Crippen molar-refractivity contribution in [3.63, 3.8) is 0 Å². The minimum Gasteiger partial charge on any atom is -0.335 e. The number of non-ortho nitro benzene ring substituents is 1. The van der Waals surface area contributed by atoms with Gasteiger partial charge in [0.2, 0.25) is 0 Å². The lowest BCUT2D eigenvalue weighted by molar-refractivity contribution is -0.384. The molecular weight excluding hydrogens is 344 g/mol. The number of anilines is 1. The second-order valence-electron chi connectivity index (χ2n) is 6.89. The summed E-state index contributed by atoms with van der Waals surface area (Å²) in [6.07, 6.45) is 1.77. The maximum atomic E-state index is 12.3. The molecule has 7 heteroatoms. The van der Waals surface area contributed by atoms with Gasteiger partial charge in [-0.25, -0.2) is 4.79 Å². The molecule has 1 fully saturated rings. The maximum absolute atomic E-state index is 12.3. The Morgan fingerprint density at radius 1 is 1.19 bits per heavy atom. The van der Waals surface area contributed by atoms with Crippen LogP contribution in [0.4, 0.5) is 16.2 Å². The van der Waals surface area contributed by atoms with Crippen LogP contribution in [0.5, 0.6) is 0 Å². The first-order valence-electron chi connectivity index (χ1n) is 9.10. The Hall–Kier alpha value is -2.93. The number of aryl methyl sites for hydroxylation is 1. The molecule has 2 N–H and O–H groups in total. The number of carbonyl (C=O) groups excluding carboxylic acids is 1. The molecule has 2 aromatic rings. The number of carbonyl (C=O) groups is 1. The molecule has 0 radical (unpaired) electrons. The second-order valence-corrected chi connectivity index (χ2v) is 6.89. The van der Waals surface area contributed by atoms with Crippen LogP contribution in [0.25, 0.3) is 0 Å². The number of hydrogen-bond donors (Lipinski definition) is 2.